The molecule has 1 aromatic heterocycles. The summed E-state index contributed by atoms with van der Waals surface area (Å²) in [5.41, 5.74) is 1.98. The third-order valence-corrected chi connectivity index (χ3v) is 4.63. The minimum absolute atomic E-state index is 0.110. The van der Waals surface area contributed by atoms with Gasteiger partial charge in [0, 0.05) is 35.6 Å². The first-order chi connectivity index (χ1) is 13.5. The zero-order chi connectivity index (χ0) is 19.6. The lowest BCUT2D eigenvalue weighted by Crippen LogP contribution is -2.41. The molecule has 0 saturated heterocycles. The Labute approximate surface area is 164 Å². The number of nitrogens with one attached hydrogen (secondary N) is 2. The Morgan fingerprint density at radius 2 is 1.86 bits per heavy atom. The van der Waals surface area contributed by atoms with E-state index >= 15 is 0 Å². The van der Waals surface area contributed by atoms with Crippen LogP contribution in [0.3, 0.4) is 0 Å². The number of amides is 1. The topological polar surface area (TPSA) is 76.1 Å². The predicted octanol–water partition coefficient (Wildman–Crippen LogP) is 4.25. The average molecular weight is 374 g/mol. The van der Waals surface area contributed by atoms with Crippen molar-refractivity contribution in [2.75, 3.05) is 5.32 Å². The normalized spacial score (nSPS) is 17.1. The molecule has 0 aliphatic carbocycles. The van der Waals surface area contributed by atoms with Crippen molar-refractivity contribution < 1.29 is 9.53 Å². The SMILES string of the molecule is CC1(C)C[C@@H](NC(=O)c2cccc(Nc3ncccn3)c2)c2ccccc2O1. The first-order valence-corrected chi connectivity index (χ1v) is 9.23. The van der Waals surface area contributed by atoms with Gasteiger partial charge in [-0.1, -0.05) is 24.3 Å². The van der Waals surface area contributed by atoms with E-state index in [9.17, 15) is 4.79 Å². The average Bonchev–Trinajstić information content (AvgIpc) is 2.68. The van der Waals surface area contributed by atoms with Crippen LogP contribution < -0.4 is 15.4 Å². The molecule has 3 aromatic rings. The molecule has 2 aromatic carbocycles. The second kappa shape index (κ2) is 7.31. The minimum atomic E-state index is -0.347. The molecular weight excluding hydrogens is 352 g/mol. The van der Waals surface area contributed by atoms with Crippen molar-refractivity contribution in [1.29, 1.82) is 0 Å². The number of carbonyl (C=O) groups is 1. The highest BCUT2D eigenvalue weighted by molar-refractivity contribution is 5.95. The maximum atomic E-state index is 12.9. The van der Waals surface area contributed by atoms with Crippen LogP contribution in [0.2, 0.25) is 0 Å². The summed E-state index contributed by atoms with van der Waals surface area (Å²) in [4.78, 5) is 21.2. The maximum Gasteiger partial charge on any atom is 0.251 e. The molecule has 0 fully saturated rings. The van der Waals surface area contributed by atoms with Gasteiger partial charge in [-0.3, -0.25) is 4.79 Å². The van der Waals surface area contributed by atoms with Crippen LogP contribution >= 0.6 is 0 Å². The number of hydrogen-bond donors (Lipinski definition) is 2. The molecule has 0 spiro atoms. The van der Waals surface area contributed by atoms with Gasteiger partial charge in [0.25, 0.3) is 5.91 Å². The number of para-hydroxylation sites is 1. The number of aromatic nitrogens is 2. The number of ether oxygens (including phenoxy) is 1. The minimum Gasteiger partial charge on any atom is -0.487 e. The summed E-state index contributed by atoms with van der Waals surface area (Å²) >= 11 is 0. The molecule has 0 bridgehead atoms. The van der Waals surface area contributed by atoms with Gasteiger partial charge in [-0.25, -0.2) is 9.97 Å². The molecule has 0 saturated carbocycles. The van der Waals surface area contributed by atoms with E-state index in [4.69, 9.17) is 4.74 Å². The van der Waals surface area contributed by atoms with Crippen LogP contribution in [0.1, 0.15) is 42.2 Å². The van der Waals surface area contributed by atoms with Crippen molar-refractivity contribution in [2.24, 2.45) is 0 Å². The number of carbonyl (C=O) groups excluding carboxylic acids is 1. The molecule has 0 unspecified atom stereocenters. The Morgan fingerprint density at radius 3 is 2.68 bits per heavy atom. The van der Waals surface area contributed by atoms with Crippen LogP contribution in [-0.2, 0) is 0 Å². The Kier molecular flexibility index (Phi) is 4.69. The number of hydrogen-bond acceptors (Lipinski definition) is 5. The number of benzene rings is 2. The van der Waals surface area contributed by atoms with Crippen molar-refractivity contribution >= 4 is 17.5 Å². The molecular formula is C22H22N4O2. The van der Waals surface area contributed by atoms with Gasteiger partial charge >= 0.3 is 0 Å². The van der Waals surface area contributed by atoms with Crippen molar-refractivity contribution in [3.05, 3.63) is 78.1 Å². The van der Waals surface area contributed by atoms with E-state index in [0.29, 0.717) is 17.9 Å². The highest BCUT2D eigenvalue weighted by Gasteiger charge is 2.34. The summed E-state index contributed by atoms with van der Waals surface area (Å²) in [6.45, 7) is 4.07. The van der Waals surface area contributed by atoms with E-state index in [1.165, 1.54) is 0 Å². The van der Waals surface area contributed by atoms with Gasteiger partial charge in [0.2, 0.25) is 5.95 Å². The Morgan fingerprint density at radius 1 is 1.07 bits per heavy atom. The van der Waals surface area contributed by atoms with E-state index in [1.807, 2.05) is 50.2 Å². The molecule has 4 rings (SSSR count). The molecule has 6 nitrogen and oxygen atoms in total. The van der Waals surface area contributed by atoms with Gasteiger partial charge < -0.3 is 15.4 Å². The zero-order valence-electron chi connectivity index (χ0n) is 15.8. The largest absolute Gasteiger partial charge is 0.487 e. The second-order valence-corrected chi connectivity index (χ2v) is 7.41. The van der Waals surface area contributed by atoms with Crippen molar-refractivity contribution in [1.82, 2.24) is 15.3 Å². The second-order valence-electron chi connectivity index (χ2n) is 7.41. The molecule has 2 heterocycles. The molecule has 1 atom stereocenters. The molecule has 1 amide bonds. The van der Waals surface area contributed by atoms with E-state index in [0.717, 1.165) is 17.0 Å². The van der Waals surface area contributed by atoms with Gasteiger partial charge in [0.05, 0.1) is 6.04 Å². The summed E-state index contributed by atoms with van der Waals surface area (Å²) < 4.78 is 6.05. The van der Waals surface area contributed by atoms with E-state index in [-0.39, 0.29) is 17.6 Å². The number of rotatable bonds is 4. The molecule has 1 aliphatic heterocycles. The molecule has 6 heteroatoms. The number of nitrogens with zero attached hydrogens (tertiary/aromatic N) is 2. The standard InChI is InChI=1S/C22H22N4O2/c1-22(2)14-18(17-9-3-4-10-19(17)28-22)26-20(27)15-7-5-8-16(13-15)25-21-23-11-6-12-24-21/h3-13,18H,14H2,1-2H3,(H,26,27)(H,23,24,25)/t18-/m1/s1. The van der Waals surface area contributed by atoms with Gasteiger partial charge in [-0.15, -0.1) is 0 Å². The highest BCUT2D eigenvalue weighted by atomic mass is 16.5. The number of anilines is 2. The zero-order valence-corrected chi connectivity index (χ0v) is 15.8. The van der Waals surface area contributed by atoms with Crippen molar-refractivity contribution in [3.63, 3.8) is 0 Å². The third kappa shape index (κ3) is 3.96. The van der Waals surface area contributed by atoms with E-state index in [2.05, 4.69) is 20.6 Å². The van der Waals surface area contributed by atoms with Crippen LogP contribution in [0.4, 0.5) is 11.6 Å². The monoisotopic (exact) mass is 374 g/mol. The Bertz CT molecular complexity index is 989. The molecule has 0 radical (unpaired) electrons. The molecule has 1 aliphatic rings. The Balaban J connectivity index is 1.53. The lowest BCUT2D eigenvalue weighted by atomic mass is 9.89. The van der Waals surface area contributed by atoms with Gasteiger partial charge in [0.1, 0.15) is 11.4 Å². The van der Waals surface area contributed by atoms with Gasteiger partial charge in [-0.2, -0.15) is 0 Å². The highest BCUT2D eigenvalue weighted by Crippen LogP contribution is 2.39. The third-order valence-electron chi connectivity index (χ3n) is 4.63. The summed E-state index contributed by atoms with van der Waals surface area (Å²) in [5.74, 6) is 1.18. The fourth-order valence-corrected chi connectivity index (χ4v) is 3.40. The van der Waals surface area contributed by atoms with Gasteiger partial charge in [-0.05, 0) is 44.2 Å². The summed E-state index contributed by atoms with van der Waals surface area (Å²) in [6.07, 6.45) is 4.03. The smallest absolute Gasteiger partial charge is 0.251 e. The quantitative estimate of drug-likeness (QED) is 0.714. The lowest BCUT2D eigenvalue weighted by Gasteiger charge is -2.37. The molecule has 142 valence electrons. The van der Waals surface area contributed by atoms with Crippen molar-refractivity contribution in [2.45, 2.75) is 31.9 Å². The fraction of sp³-hybridized carbons (Fsp3) is 0.227. The van der Waals surface area contributed by atoms with Crippen LogP contribution in [0.5, 0.6) is 5.75 Å². The summed E-state index contributed by atoms with van der Waals surface area (Å²) in [7, 11) is 0. The first kappa shape index (κ1) is 18.0. The van der Waals surface area contributed by atoms with E-state index < -0.39 is 0 Å². The molecule has 2 N–H and O–H groups in total. The van der Waals surface area contributed by atoms with Crippen LogP contribution in [0, 0.1) is 0 Å². The number of fused-ring (bicyclic) bond motifs is 1. The Hall–Kier alpha value is -3.41. The van der Waals surface area contributed by atoms with Crippen LogP contribution in [0.25, 0.3) is 0 Å². The van der Waals surface area contributed by atoms with Gasteiger partial charge in [0.15, 0.2) is 0 Å². The van der Waals surface area contributed by atoms with E-state index in [1.54, 1.807) is 30.6 Å². The first-order valence-electron chi connectivity index (χ1n) is 9.23. The molecule has 28 heavy (non-hydrogen) atoms. The maximum absolute atomic E-state index is 12.9. The fourth-order valence-electron chi connectivity index (χ4n) is 3.40. The summed E-state index contributed by atoms with van der Waals surface area (Å²) in [6, 6.07) is 16.8. The predicted molar refractivity (Wildman–Crippen MR) is 108 cm³/mol. The van der Waals surface area contributed by atoms with Crippen molar-refractivity contribution in [3.8, 4) is 5.75 Å². The van der Waals surface area contributed by atoms with Crippen LogP contribution in [-0.4, -0.2) is 21.5 Å². The van der Waals surface area contributed by atoms with Crippen LogP contribution in [0.15, 0.2) is 67.0 Å². The summed E-state index contributed by atoms with van der Waals surface area (Å²) in [5, 5.41) is 6.27. The lowest BCUT2D eigenvalue weighted by molar-refractivity contribution is 0.0619.